The van der Waals surface area contributed by atoms with E-state index in [-0.39, 0.29) is 5.41 Å². The van der Waals surface area contributed by atoms with Crippen LogP contribution in [0.5, 0.6) is 0 Å². The van der Waals surface area contributed by atoms with Crippen molar-refractivity contribution in [3.63, 3.8) is 0 Å². The molecule has 1 unspecified atom stereocenters. The van der Waals surface area contributed by atoms with Gasteiger partial charge in [0.1, 0.15) is 0 Å². The maximum absolute atomic E-state index is 12.2. The molecule has 0 spiro atoms. The molecule has 1 aliphatic rings. The molecule has 4 nitrogen and oxygen atoms in total. The highest BCUT2D eigenvalue weighted by atomic mass is 16.5. The standard InChI is InChI=1S/C26H28N2O2/c1-26(23-12-6-3-7-13-23,20-22-10-4-2-5-11-22)24-14-8-9-15-25(24)28(21-29)27-16-18-30-19-17-27/h2-15,21H,16-20H2,1H3. The molecule has 0 bridgehead atoms. The van der Waals surface area contributed by atoms with Crippen molar-refractivity contribution in [1.82, 2.24) is 5.01 Å². The van der Waals surface area contributed by atoms with Gasteiger partial charge in [0.15, 0.2) is 0 Å². The zero-order chi connectivity index (χ0) is 20.8. The summed E-state index contributed by atoms with van der Waals surface area (Å²) in [7, 11) is 0. The monoisotopic (exact) mass is 400 g/mol. The lowest BCUT2D eigenvalue weighted by Gasteiger charge is -2.39. The molecule has 1 fully saturated rings. The number of ether oxygens (including phenoxy) is 1. The number of amides is 1. The van der Waals surface area contributed by atoms with Crippen molar-refractivity contribution in [2.75, 3.05) is 31.3 Å². The molecule has 0 radical (unpaired) electrons. The van der Waals surface area contributed by atoms with Gasteiger partial charge >= 0.3 is 0 Å². The number of carbonyl (C=O) groups excluding carboxylic acids is 1. The topological polar surface area (TPSA) is 32.8 Å². The van der Waals surface area contributed by atoms with Crippen LogP contribution in [0.2, 0.25) is 0 Å². The Kier molecular flexibility index (Phi) is 6.26. The quantitative estimate of drug-likeness (QED) is 0.550. The third kappa shape index (κ3) is 4.16. The summed E-state index contributed by atoms with van der Waals surface area (Å²) in [5.74, 6) is 0. The highest BCUT2D eigenvalue weighted by molar-refractivity contribution is 5.77. The van der Waals surface area contributed by atoms with Crippen LogP contribution in [0.15, 0.2) is 84.9 Å². The fourth-order valence-electron chi connectivity index (χ4n) is 4.35. The van der Waals surface area contributed by atoms with Crippen LogP contribution in [0.3, 0.4) is 0 Å². The zero-order valence-corrected chi connectivity index (χ0v) is 17.4. The van der Waals surface area contributed by atoms with Gasteiger partial charge in [-0.2, -0.15) is 0 Å². The van der Waals surface area contributed by atoms with E-state index in [4.69, 9.17) is 4.74 Å². The van der Waals surface area contributed by atoms with Gasteiger partial charge in [-0.25, -0.2) is 10.0 Å². The molecule has 0 saturated carbocycles. The second kappa shape index (κ2) is 9.24. The van der Waals surface area contributed by atoms with Gasteiger partial charge in [-0.15, -0.1) is 0 Å². The number of anilines is 1. The second-order valence-corrected chi connectivity index (χ2v) is 7.89. The van der Waals surface area contributed by atoms with Crippen molar-refractivity contribution in [1.29, 1.82) is 0 Å². The Morgan fingerprint density at radius 3 is 2.17 bits per heavy atom. The van der Waals surface area contributed by atoms with E-state index in [1.54, 1.807) is 5.01 Å². The van der Waals surface area contributed by atoms with E-state index in [1.165, 1.54) is 11.1 Å². The Hall–Kier alpha value is -2.95. The molecular weight excluding hydrogens is 372 g/mol. The van der Waals surface area contributed by atoms with E-state index in [2.05, 4.69) is 72.6 Å². The second-order valence-electron chi connectivity index (χ2n) is 7.89. The Balaban J connectivity index is 1.82. The molecule has 1 aliphatic heterocycles. The first-order valence-electron chi connectivity index (χ1n) is 10.5. The Morgan fingerprint density at radius 2 is 1.50 bits per heavy atom. The van der Waals surface area contributed by atoms with Gasteiger partial charge in [0.05, 0.1) is 18.9 Å². The summed E-state index contributed by atoms with van der Waals surface area (Å²) in [5.41, 5.74) is 4.26. The molecule has 1 amide bonds. The highest BCUT2D eigenvalue weighted by Gasteiger charge is 2.34. The number of rotatable bonds is 7. The van der Waals surface area contributed by atoms with Crippen molar-refractivity contribution in [2.45, 2.75) is 18.8 Å². The molecule has 4 rings (SSSR count). The van der Waals surface area contributed by atoms with Gasteiger partial charge in [-0.05, 0) is 29.2 Å². The van der Waals surface area contributed by atoms with Crippen LogP contribution in [0.1, 0.15) is 23.6 Å². The van der Waals surface area contributed by atoms with E-state index in [1.807, 2.05) is 24.3 Å². The molecule has 1 heterocycles. The van der Waals surface area contributed by atoms with Crippen molar-refractivity contribution in [3.05, 3.63) is 102 Å². The molecule has 3 aromatic carbocycles. The first kappa shape index (κ1) is 20.3. The zero-order valence-electron chi connectivity index (χ0n) is 17.4. The maximum Gasteiger partial charge on any atom is 0.228 e. The molecule has 1 saturated heterocycles. The van der Waals surface area contributed by atoms with Crippen LogP contribution in [-0.4, -0.2) is 37.7 Å². The summed E-state index contributed by atoms with van der Waals surface area (Å²) < 4.78 is 5.49. The van der Waals surface area contributed by atoms with Crippen LogP contribution in [0.25, 0.3) is 0 Å². The van der Waals surface area contributed by atoms with Crippen molar-refractivity contribution in [2.24, 2.45) is 0 Å². The van der Waals surface area contributed by atoms with E-state index >= 15 is 0 Å². The first-order valence-corrected chi connectivity index (χ1v) is 10.5. The lowest BCUT2D eigenvalue weighted by atomic mass is 9.71. The lowest BCUT2D eigenvalue weighted by molar-refractivity contribution is -0.111. The fourth-order valence-corrected chi connectivity index (χ4v) is 4.35. The summed E-state index contributed by atoms with van der Waals surface area (Å²) in [6.45, 7) is 4.94. The molecule has 1 atom stereocenters. The van der Waals surface area contributed by atoms with Crippen LogP contribution in [0, 0.1) is 0 Å². The molecule has 0 aromatic heterocycles. The number of benzene rings is 3. The van der Waals surface area contributed by atoms with Gasteiger partial charge in [0, 0.05) is 18.5 Å². The summed E-state index contributed by atoms with van der Waals surface area (Å²) in [5, 5.41) is 3.84. The number of carbonyl (C=O) groups is 1. The van der Waals surface area contributed by atoms with Gasteiger partial charge in [-0.1, -0.05) is 85.8 Å². The highest BCUT2D eigenvalue weighted by Crippen LogP contribution is 2.40. The smallest absolute Gasteiger partial charge is 0.228 e. The summed E-state index contributed by atoms with van der Waals surface area (Å²) in [6, 6.07) is 29.4. The lowest BCUT2D eigenvalue weighted by Crippen LogP contribution is -2.49. The molecular formula is C26H28N2O2. The Bertz CT molecular complexity index is 955. The minimum absolute atomic E-state index is 0.299. The average Bonchev–Trinajstić information content (AvgIpc) is 2.82. The number of morpholine rings is 1. The van der Waals surface area contributed by atoms with Gasteiger partial charge < -0.3 is 4.74 Å². The third-order valence-electron chi connectivity index (χ3n) is 5.95. The Morgan fingerprint density at radius 1 is 0.900 bits per heavy atom. The van der Waals surface area contributed by atoms with Crippen LogP contribution < -0.4 is 5.01 Å². The van der Waals surface area contributed by atoms with Gasteiger partial charge in [0.2, 0.25) is 6.41 Å². The normalized spacial score (nSPS) is 16.6. The van der Waals surface area contributed by atoms with E-state index in [0.29, 0.717) is 26.3 Å². The largest absolute Gasteiger partial charge is 0.379 e. The minimum atomic E-state index is -0.299. The molecule has 154 valence electrons. The van der Waals surface area contributed by atoms with E-state index in [0.717, 1.165) is 24.1 Å². The third-order valence-corrected chi connectivity index (χ3v) is 5.95. The molecule has 0 N–H and O–H groups in total. The number of hydrogen-bond acceptors (Lipinski definition) is 3. The van der Waals surface area contributed by atoms with Crippen LogP contribution in [0.4, 0.5) is 5.69 Å². The molecule has 30 heavy (non-hydrogen) atoms. The Labute approximate surface area is 178 Å². The molecule has 0 aliphatic carbocycles. The van der Waals surface area contributed by atoms with E-state index in [9.17, 15) is 4.79 Å². The maximum atomic E-state index is 12.2. The molecule has 3 aromatic rings. The summed E-state index contributed by atoms with van der Waals surface area (Å²) in [6.07, 6.45) is 1.77. The number of hydrazine groups is 1. The first-order chi connectivity index (χ1) is 14.7. The van der Waals surface area contributed by atoms with Gasteiger partial charge in [-0.3, -0.25) is 4.79 Å². The number of para-hydroxylation sites is 1. The fraction of sp³-hybridized carbons (Fsp3) is 0.269. The summed E-state index contributed by atoms with van der Waals surface area (Å²) >= 11 is 0. The van der Waals surface area contributed by atoms with Crippen molar-refractivity contribution < 1.29 is 9.53 Å². The number of hydrogen-bond donors (Lipinski definition) is 0. The van der Waals surface area contributed by atoms with Crippen molar-refractivity contribution >= 4 is 12.1 Å². The van der Waals surface area contributed by atoms with Crippen molar-refractivity contribution in [3.8, 4) is 0 Å². The predicted octanol–water partition coefficient (Wildman–Crippen LogP) is 4.45. The number of nitrogens with zero attached hydrogens (tertiary/aromatic N) is 2. The SMILES string of the molecule is CC(Cc1ccccc1)(c1ccccc1)c1ccccc1N(C=O)N1CCOCC1. The van der Waals surface area contributed by atoms with E-state index < -0.39 is 0 Å². The predicted molar refractivity (Wildman–Crippen MR) is 120 cm³/mol. The average molecular weight is 401 g/mol. The molecule has 4 heteroatoms. The van der Waals surface area contributed by atoms with Crippen LogP contribution >= 0.6 is 0 Å². The minimum Gasteiger partial charge on any atom is -0.379 e. The van der Waals surface area contributed by atoms with Crippen LogP contribution in [-0.2, 0) is 21.4 Å². The van der Waals surface area contributed by atoms with Gasteiger partial charge in [0.25, 0.3) is 0 Å². The summed E-state index contributed by atoms with van der Waals surface area (Å²) in [4.78, 5) is 12.2.